The highest BCUT2D eigenvalue weighted by atomic mass is 32.2. The smallest absolute Gasteiger partial charge is 0.335 e. The molecule has 0 spiro atoms. The van der Waals surface area contributed by atoms with E-state index in [4.69, 9.17) is 10.2 Å². The molecule has 0 unspecified atom stereocenters. The number of hydrogen-bond acceptors (Lipinski definition) is 3. The van der Waals surface area contributed by atoms with Crippen molar-refractivity contribution in [3.63, 3.8) is 0 Å². The van der Waals surface area contributed by atoms with Crippen LogP contribution in [0.1, 0.15) is 282 Å². The molecule has 0 aromatic heterocycles. The van der Waals surface area contributed by atoms with Gasteiger partial charge in [0, 0.05) is 9.79 Å². The molecule has 0 amide bonds. The Morgan fingerprint density at radius 1 is 0.304 bits per heavy atom. The molecule has 0 saturated carbocycles. The van der Waals surface area contributed by atoms with Gasteiger partial charge in [0.1, 0.15) is 0 Å². The van der Waals surface area contributed by atoms with Crippen LogP contribution in [0.3, 0.4) is 0 Å². The Morgan fingerprint density at radius 3 is 0.623 bits per heavy atom. The first-order valence-corrected chi connectivity index (χ1v) is 30.4. The van der Waals surface area contributed by atoms with Crippen LogP contribution < -0.4 is 0 Å². The highest BCUT2D eigenvalue weighted by molar-refractivity contribution is 7.99. The van der Waals surface area contributed by atoms with Gasteiger partial charge in [0.2, 0.25) is 0 Å². The molecule has 0 atom stereocenters. The number of aromatic carboxylic acids is 2. The Morgan fingerprint density at radius 2 is 0.478 bits per heavy atom. The fourth-order valence-corrected chi connectivity index (χ4v) is 10.6. The minimum Gasteiger partial charge on any atom is -0.478 e. The maximum Gasteiger partial charge on any atom is 0.335 e. The number of benzene rings is 2. The van der Waals surface area contributed by atoms with E-state index in [9.17, 15) is 9.59 Å². The average molecular weight is 984 g/mol. The van der Waals surface area contributed by atoms with E-state index in [0.29, 0.717) is 0 Å². The van der Waals surface area contributed by atoms with Crippen molar-refractivity contribution in [1.82, 2.24) is 0 Å². The summed E-state index contributed by atoms with van der Waals surface area (Å²) >= 11 is 1.44. The number of carboxylic acid groups (broad SMARTS) is 2. The Balaban J connectivity index is 0.00000101. The first-order chi connectivity index (χ1) is 33.5. The van der Waals surface area contributed by atoms with E-state index >= 15 is 0 Å². The standard InChI is InChI=1S/2C24H52N.C14H10O4S/c2*1-5-9-13-17-21-25(22-18-14-10-6-2,23-19-15-11-7-3)24-20-16-12-8-4;15-13(16)9-1-5-11(6-2-9)19-12-7-3-10(4-8-12)14(17)18/h2*5-24H2,1-4H3;1-8H,(H,15,16)(H,17,18)/q2*+1;. The van der Waals surface area contributed by atoms with Crippen molar-refractivity contribution in [2.45, 2.75) is 271 Å². The minimum absolute atomic E-state index is 0.241. The van der Waals surface area contributed by atoms with Crippen LogP contribution in [0.5, 0.6) is 0 Å². The molecule has 69 heavy (non-hydrogen) atoms. The van der Waals surface area contributed by atoms with E-state index in [2.05, 4.69) is 55.4 Å². The summed E-state index contributed by atoms with van der Waals surface area (Å²) in [6.07, 6.45) is 45.7. The van der Waals surface area contributed by atoms with Crippen LogP contribution in [0, 0.1) is 0 Å². The molecule has 2 rings (SSSR count). The first-order valence-electron chi connectivity index (χ1n) is 29.6. The van der Waals surface area contributed by atoms with Gasteiger partial charge in [-0.25, -0.2) is 9.59 Å². The van der Waals surface area contributed by atoms with Gasteiger partial charge in [-0.2, -0.15) is 0 Å². The van der Waals surface area contributed by atoms with Gasteiger partial charge in [-0.05, 0) is 151 Å². The zero-order chi connectivity index (χ0) is 51.1. The molecule has 0 radical (unpaired) electrons. The van der Waals surface area contributed by atoms with E-state index in [-0.39, 0.29) is 11.1 Å². The highest BCUT2D eigenvalue weighted by Gasteiger charge is 2.27. The fourth-order valence-electron chi connectivity index (χ4n) is 9.80. The number of unbranched alkanes of at least 4 members (excludes halogenated alkanes) is 24. The minimum atomic E-state index is -0.956. The first kappa shape index (κ1) is 66.7. The predicted molar refractivity (Wildman–Crippen MR) is 304 cm³/mol. The molecule has 2 N–H and O–H groups in total. The van der Waals surface area contributed by atoms with Crippen LogP contribution in [0.15, 0.2) is 58.3 Å². The lowest BCUT2D eigenvalue weighted by Gasteiger charge is -2.39. The van der Waals surface area contributed by atoms with E-state index in [0.717, 1.165) is 9.79 Å². The Hall–Kier alpha value is -2.35. The van der Waals surface area contributed by atoms with Gasteiger partial charge in [-0.3, -0.25) is 0 Å². The summed E-state index contributed by atoms with van der Waals surface area (Å²) in [6, 6.07) is 13.0. The van der Waals surface area contributed by atoms with Crippen molar-refractivity contribution in [2.75, 3.05) is 52.4 Å². The van der Waals surface area contributed by atoms with Crippen molar-refractivity contribution in [1.29, 1.82) is 0 Å². The number of quaternary nitrogens is 2. The Labute approximate surface area is 433 Å². The number of hydrogen-bond donors (Lipinski definition) is 2. The van der Waals surface area contributed by atoms with Gasteiger partial charge >= 0.3 is 11.9 Å². The molecule has 7 heteroatoms. The quantitative estimate of drug-likeness (QED) is 0.0511. The molecule has 2 aromatic rings. The van der Waals surface area contributed by atoms with Crippen LogP contribution >= 0.6 is 11.8 Å². The molecular formula is C62H114N2O4S+2. The zero-order valence-corrected chi connectivity index (χ0v) is 47.7. The molecule has 0 aliphatic heterocycles. The summed E-state index contributed by atoms with van der Waals surface area (Å²) in [6.45, 7) is 30.4. The lowest BCUT2D eigenvalue weighted by molar-refractivity contribution is -0.929. The molecular weight excluding hydrogens is 869 g/mol. The van der Waals surface area contributed by atoms with Crippen LogP contribution in [-0.2, 0) is 0 Å². The molecule has 0 aliphatic rings. The third-order valence-electron chi connectivity index (χ3n) is 14.3. The molecule has 0 fully saturated rings. The van der Waals surface area contributed by atoms with E-state index in [1.807, 2.05) is 0 Å². The van der Waals surface area contributed by atoms with Crippen molar-refractivity contribution in [3.8, 4) is 0 Å². The van der Waals surface area contributed by atoms with Crippen LogP contribution in [0.2, 0.25) is 0 Å². The van der Waals surface area contributed by atoms with Gasteiger partial charge < -0.3 is 19.2 Å². The molecule has 0 heterocycles. The molecule has 0 saturated heterocycles. The van der Waals surface area contributed by atoms with Crippen LogP contribution in [0.4, 0.5) is 0 Å². The predicted octanol–water partition coefficient (Wildman–Crippen LogP) is 19.5. The zero-order valence-electron chi connectivity index (χ0n) is 46.9. The lowest BCUT2D eigenvalue weighted by atomic mass is 10.1. The van der Waals surface area contributed by atoms with Gasteiger partial charge in [-0.15, -0.1) is 0 Å². The van der Waals surface area contributed by atoms with Gasteiger partial charge in [0.15, 0.2) is 0 Å². The van der Waals surface area contributed by atoms with Crippen molar-refractivity contribution in [3.05, 3.63) is 59.7 Å². The summed E-state index contributed by atoms with van der Waals surface area (Å²) in [4.78, 5) is 23.2. The largest absolute Gasteiger partial charge is 0.478 e. The Bertz CT molecular complexity index is 1220. The van der Waals surface area contributed by atoms with Crippen LogP contribution in [0.25, 0.3) is 0 Å². The molecule has 0 aliphatic carbocycles. The maximum atomic E-state index is 10.7. The van der Waals surface area contributed by atoms with Crippen molar-refractivity contribution in [2.24, 2.45) is 0 Å². The number of carbonyl (C=O) groups is 2. The van der Waals surface area contributed by atoms with E-state index in [1.165, 1.54) is 303 Å². The molecule has 0 bridgehead atoms. The second kappa shape index (κ2) is 46.7. The van der Waals surface area contributed by atoms with Gasteiger partial charge in [-0.1, -0.05) is 170 Å². The van der Waals surface area contributed by atoms with Crippen LogP contribution in [-0.4, -0.2) is 83.5 Å². The number of carboxylic acids is 2. The number of nitrogens with zero attached hydrogens (tertiary/aromatic N) is 2. The summed E-state index contributed by atoms with van der Waals surface area (Å²) < 4.78 is 2.92. The van der Waals surface area contributed by atoms with Gasteiger partial charge in [0.05, 0.1) is 63.5 Å². The van der Waals surface area contributed by atoms with Crippen molar-refractivity contribution < 1.29 is 28.8 Å². The van der Waals surface area contributed by atoms with Gasteiger partial charge in [0.25, 0.3) is 0 Å². The summed E-state index contributed by atoms with van der Waals surface area (Å²) in [5.41, 5.74) is 0.483. The third-order valence-corrected chi connectivity index (χ3v) is 15.3. The third kappa shape index (κ3) is 36.3. The average Bonchev–Trinajstić information content (AvgIpc) is 3.35. The number of rotatable bonds is 44. The molecule has 6 nitrogen and oxygen atoms in total. The van der Waals surface area contributed by atoms with E-state index < -0.39 is 11.9 Å². The topological polar surface area (TPSA) is 74.6 Å². The maximum absolute atomic E-state index is 10.7. The normalized spacial score (nSPS) is 11.5. The Kier molecular flexibility index (Phi) is 45.1. The monoisotopic (exact) mass is 983 g/mol. The van der Waals surface area contributed by atoms with E-state index in [1.54, 1.807) is 24.3 Å². The SMILES string of the molecule is CCCCCC[N+](CCCCCC)(CCCCCC)CCCCCC.CCCCCC[N+](CCCCCC)(CCCCCC)CCCCCC.O=C(O)c1ccc(Sc2ccc(C(=O)O)cc2)cc1. The molecule has 2 aromatic carbocycles. The molecule has 400 valence electrons. The second-order valence-electron chi connectivity index (χ2n) is 20.7. The highest BCUT2D eigenvalue weighted by Crippen LogP contribution is 2.28. The second-order valence-corrected chi connectivity index (χ2v) is 21.9. The lowest BCUT2D eigenvalue weighted by Crippen LogP contribution is -2.50. The van der Waals surface area contributed by atoms with Crippen molar-refractivity contribution >= 4 is 23.7 Å². The fraction of sp³-hybridized carbons (Fsp3) is 0.774. The summed E-state index contributed by atoms with van der Waals surface area (Å²) in [5.74, 6) is -1.91. The summed E-state index contributed by atoms with van der Waals surface area (Å²) in [7, 11) is 0. The summed E-state index contributed by atoms with van der Waals surface area (Å²) in [5, 5.41) is 17.6.